The van der Waals surface area contributed by atoms with Gasteiger partial charge in [0, 0.05) is 6.42 Å². The molecule has 27 heavy (non-hydrogen) atoms. The maximum atomic E-state index is 12.2. The van der Waals surface area contributed by atoms with Gasteiger partial charge in [-0.3, -0.25) is 0 Å². The molecule has 0 fully saturated rings. The first-order valence-electron chi connectivity index (χ1n) is 9.23. The lowest BCUT2D eigenvalue weighted by Crippen LogP contribution is -2.35. The number of aromatic nitrogens is 1. The van der Waals surface area contributed by atoms with E-state index in [-0.39, 0.29) is 6.04 Å². The molecule has 0 spiro atoms. The molecule has 2 aromatic rings. The molecule has 1 aromatic carbocycles. The number of nitrogens with one attached hydrogen (secondary N) is 1. The van der Waals surface area contributed by atoms with Crippen LogP contribution in [0.2, 0.25) is 0 Å². The number of nitrogens with zero attached hydrogens (tertiary/aromatic N) is 1. The average molecular weight is 389 g/mol. The van der Waals surface area contributed by atoms with Crippen LogP contribution < -0.4 is 5.32 Å². The van der Waals surface area contributed by atoms with E-state index in [1.165, 1.54) is 0 Å². The van der Waals surface area contributed by atoms with E-state index in [2.05, 4.69) is 22.4 Å². The molecule has 0 saturated carbocycles. The Labute approximate surface area is 165 Å². The number of aryl methyl sites for hydroxylation is 1. The second kappa shape index (κ2) is 9.65. The SMILES string of the molecule is Cc1ncsc1-c1ccc([C@H](CCCCC=O)NC(=O)OC(C)(C)C)cc1. The van der Waals surface area contributed by atoms with Crippen molar-refractivity contribution < 1.29 is 14.3 Å². The van der Waals surface area contributed by atoms with Gasteiger partial charge in [-0.15, -0.1) is 11.3 Å². The van der Waals surface area contributed by atoms with E-state index in [4.69, 9.17) is 4.74 Å². The quantitative estimate of drug-likeness (QED) is 0.483. The molecule has 146 valence electrons. The van der Waals surface area contributed by atoms with Gasteiger partial charge in [-0.05, 0) is 51.7 Å². The zero-order chi connectivity index (χ0) is 19.9. The van der Waals surface area contributed by atoms with Crippen LogP contribution in [0.5, 0.6) is 0 Å². The Hall–Kier alpha value is -2.21. The lowest BCUT2D eigenvalue weighted by atomic mass is 9.99. The van der Waals surface area contributed by atoms with Crippen molar-refractivity contribution in [3.8, 4) is 10.4 Å². The maximum absolute atomic E-state index is 12.2. The average Bonchev–Trinajstić information content (AvgIpc) is 3.02. The topological polar surface area (TPSA) is 68.3 Å². The molecule has 1 N–H and O–H groups in total. The number of aldehydes is 1. The van der Waals surface area contributed by atoms with Crippen LogP contribution in [0, 0.1) is 6.92 Å². The lowest BCUT2D eigenvalue weighted by Gasteiger charge is -2.24. The van der Waals surface area contributed by atoms with Gasteiger partial charge in [-0.25, -0.2) is 9.78 Å². The Morgan fingerprint density at radius 2 is 1.96 bits per heavy atom. The standard InChI is InChI=1S/C21H28N2O3S/c1-15-19(27-14-22-15)17-11-9-16(10-12-17)18(8-6-5-7-13-24)23-20(25)26-21(2,3)4/h9-14,18H,5-8H2,1-4H3,(H,23,25)/t18-/m0/s1. The molecule has 1 aromatic heterocycles. The molecular weight excluding hydrogens is 360 g/mol. The highest BCUT2D eigenvalue weighted by Gasteiger charge is 2.20. The number of thiazole rings is 1. The minimum atomic E-state index is -0.542. The summed E-state index contributed by atoms with van der Waals surface area (Å²) in [6.45, 7) is 7.53. The summed E-state index contributed by atoms with van der Waals surface area (Å²) in [6, 6.07) is 8.05. The molecule has 6 heteroatoms. The number of rotatable bonds is 8. The molecule has 0 unspecified atom stereocenters. The first kappa shape index (κ1) is 21.1. The number of amides is 1. The van der Waals surface area contributed by atoms with Crippen molar-refractivity contribution in [1.82, 2.24) is 10.3 Å². The Kier molecular flexibility index (Phi) is 7.54. The molecule has 1 amide bonds. The van der Waals surface area contributed by atoms with Gasteiger partial charge in [0.05, 0.1) is 22.1 Å². The van der Waals surface area contributed by atoms with Crippen LogP contribution in [-0.2, 0) is 9.53 Å². The Bertz CT molecular complexity index is 748. The normalized spacial score (nSPS) is 12.4. The zero-order valence-corrected chi connectivity index (χ0v) is 17.3. The molecule has 0 radical (unpaired) electrons. The summed E-state index contributed by atoms with van der Waals surface area (Å²) in [7, 11) is 0. The molecule has 0 aliphatic carbocycles. The van der Waals surface area contributed by atoms with Crippen molar-refractivity contribution in [3.05, 3.63) is 41.0 Å². The fourth-order valence-electron chi connectivity index (χ4n) is 2.79. The highest BCUT2D eigenvalue weighted by Crippen LogP contribution is 2.29. The highest BCUT2D eigenvalue weighted by molar-refractivity contribution is 7.13. The molecule has 0 aliphatic rings. The Morgan fingerprint density at radius 3 is 2.52 bits per heavy atom. The second-order valence-electron chi connectivity index (χ2n) is 7.54. The minimum Gasteiger partial charge on any atom is -0.444 e. The van der Waals surface area contributed by atoms with Crippen molar-refractivity contribution in [2.75, 3.05) is 0 Å². The predicted molar refractivity (Wildman–Crippen MR) is 109 cm³/mol. The number of carbonyl (C=O) groups is 2. The third-order valence-corrected chi connectivity index (χ3v) is 5.05. The van der Waals surface area contributed by atoms with Crippen molar-refractivity contribution in [3.63, 3.8) is 0 Å². The molecule has 0 bridgehead atoms. The molecule has 0 saturated heterocycles. The van der Waals surface area contributed by atoms with E-state index in [1.54, 1.807) is 11.3 Å². The van der Waals surface area contributed by atoms with Gasteiger partial charge < -0.3 is 14.8 Å². The molecule has 1 heterocycles. The van der Waals surface area contributed by atoms with E-state index in [0.717, 1.165) is 47.2 Å². The zero-order valence-electron chi connectivity index (χ0n) is 16.5. The number of alkyl carbamates (subject to hydrolysis) is 1. The van der Waals surface area contributed by atoms with Crippen LogP contribution in [0.4, 0.5) is 4.79 Å². The van der Waals surface area contributed by atoms with E-state index in [1.807, 2.05) is 45.3 Å². The third kappa shape index (κ3) is 6.79. The fourth-order valence-corrected chi connectivity index (χ4v) is 3.61. The van der Waals surface area contributed by atoms with Gasteiger partial charge >= 0.3 is 6.09 Å². The van der Waals surface area contributed by atoms with E-state index in [9.17, 15) is 9.59 Å². The number of hydrogen-bond acceptors (Lipinski definition) is 5. The summed E-state index contributed by atoms with van der Waals surface area (Å²) in [5.41, 5.74) is 4.47. The maximum Gasteiger partial charge on any atom is 0.408 e. The number of hydrogen-bond donors (Lipinski definition) is 1. The largest absolute Gasteiger partial charge is 0.444 e. The summed E-state index contributed by atoms with van der Waals surface area (Å²) >= 11 is 1.62. The van der Waals surface area contributed by atoms with Crippen LogP contribution in [-0.4, -0.2) is 23.0 Å². The molecule has 5 nitrogen and oxygen atoms in total. The van der Waals surface area contributed by atoms with Gasteiger partial charge in [-0.1, -0.05) is 30.7 Å². The van der Waals surface area contributed by atoms with Gasteiger partial charge in [0.1, 0.15) is 11.9 Å². The summed E-state index contributed by atoms with van der Waals surface area (Å²) in [5.74, 6) is 0. The first-order valence-corrected chi connectivity index (χ1v) is 10.1. The van der Waals surface area contributed by atoms with Crippen LogP contribution in [0.1, 0.15) is 63.8 Å². The minimum absolute atomic E-state index is 0.150. The molecule has 1 atom stereocenters. The van der Waals surface area contributed by atoms with Gasteiger partial charge in [0.15, 0.2) is 0 Å². The summed E-state index contributed by atoms with van der Waals surface area (Å²) < 4.78 is 5.40. The van der Waals surface area contributed by atoms with Crippen LogP contribution in [0.15, 0.2) is 29.8 Å². The number of carbonyl (C=O) groups excluding carboxylic acids is 2. The molecule has 0 aliphatic heterocycles. The highest BCUT2D eigenvalue weighted by atomic mass is 32.1. The fraction of sp³-hybridized carbons (Fsp3) is 0.476. The van der Waals surface area contributed by atoms with Crippen LogP contribution in [0.25, 0.3) is 10.4 Å². The third-order valence-electron chi connectivity index (χ3n) is 4.08. The van der Waals surface area contributed by atoms with Crippen molar-refractivity contribution in [2.45, 2.75) is 65.0 Å². The van der Waals surface area contributed by atoms with E-state index >= 15 is 0 Å². The van der Waals surface area contributed by atoms with Gasteiger partial charge in [0.2, 0.25) is 0 Å². The van der Waals surface area contributed by atoms with Crippen LogP contribution in [0.3, 0.4) is 0 Å². The monoisotopic (exact) mass is 388 g/mol. The number of ether oxygens (including phenoxy) is 1. The molecular formula is C21H28N2O3S. The van der Waals surface area contributed by atoms with Crippen molar-refractivity contribution in [1.29, 1.82) is 0 Å². The number of unbranched alkanes of at least 4 members (excludes halogenated alkanes) is 2. The molecule has 2 rings (SSSR count). The Morgan fingerprint density at radius 1 is 1.26 bits per heavy atom. The van der Waals surface area contributed by atoms with Crippen molar-refractivity contribution in [2.24, 2.45) is 0 Å². The van der Waals surface area contributed by atoms with Crippen molar-refractivity contribution >= 4 is 23.7 Å². The lowest BCUT2D eigenvalue weighted by molar-refractivity contribution is -0.107. The summed E-state index contributed by atoms with van der Waals surface area (Å²) in [4.78, 5) is 28.2. The van der Waals surface area contributed by atoms with Gasteiger partial charge in [-0.2, -0.15) is 0 Å². The van der Waals surface area contributed by atoms with Crippen LogP contribution >= 0.6 is 11.3 Å². The summed E-state index contributed by atoms with van der Waals surface area (Å²) in [5, 5.41) is 2.97. The predicted octanol–water partition coefficient (Wildman–Crippen LogP) is 5.44. The first-order chi connectivity index (χ1) is 12.8. The van der Waals surface area contributed by atoms with Gasteiger partial charge in [0.25, 0.3) is 0 Å². The van der Waals surface area contributed by atoms with E-state index in [0.29, 0.717) is 6.42 Å². The summed E-state index contributed by atoms with van der Waals surface area (Å²) in [6.07, 6.45) is 3.48. The second-order valence-corrected chi connectivity index (χ2v) is 8.39. The number of benzene rings is 1. The smallest absolute Gasteiger partial charge is 0.408 e. The van der Waals surface area contributed by atoms with E-state index < -0.39 is 11.7 Å². The Balaban J connectivity index is 2.12.